The first-order chi connectivity index (χ1) is 8.24. The standard InChI is InChI=1S/C12H15FO2S2/c1-15-9-4-2-3-8(11(9)13)12(14)10-7-16-5-6-17-10/h2-4,10,12,14H,5-7H2,1H3. The zero-order chi connectivity index (χ0) is 12.3. The third-order valence-electron chi connectivity index (χ3n) is 2.73. The summed E-state index contributed by atoms with van der Waals surface area (Å²) in [7, 11) is 1.43. The molecule has 0 amide bonds. The van der Waals surface area contributed by atoms with E-state index in [1.165, 1.54) is 7.11 Å². The first kappa shape index (κ1) is 13.1. The van der Waals surface area contributed by atoms with E-state index < -0.39 is 11.9 Å². The minimum absolute atomic E-state index is 0.0651. The molecule has 1 heterocycles. The normalized spacial score (nSPS) is 22.2. The van der Waals surface area contributed by atoms with E-state index in [2.05, 4.69) is 0 Å². The fraction of sp³-hybridized carbons (Fsp3) is 0.500. The Morgan fingerprint density at radius 3 is 2.94 bits per heavy atom. The zero-order valence-corrected chi connectivity index (χ0v) is 11.2. The number of aliphatic hydroxyl groups is 1. The van der Waals surface area contributed by atoms with Gasteiger partial charge in [-0.25, -0.2) is 4.39 Å². The molecule has 1 aromatic carbocycles. The number of benzene rings is 1. The second-order valence-corrected chi connectivity index (χ2v) is 6.29. The smallest absolute Gasteiger partial charge is 0.170 e. The number of methoxy groups -OCH3 is 1. The molecular formula is C12H15FO2S2. The Morgan fingerprint density at radius 1 is 1.47 bits per heavy atom. The predicted molar refractivity (Wildman–Crippen MR) is 71.5 cm³/mol. The van der Waals surface area contributed by atoms with Crippen LogP contribution < -0.4 is 4.74 Å². The molecule has 0 aromatic heterocycles. The summed E-state index contributed by atoms with van der Waals surface area (Å²) in [6.45, 7) is 0. The summed E-state index contributed by atoms with van der Waals surface area (Å²) in [5, 5.41) is 10.3. The predicted octanol–water partition coefficient (Wildman–Crippen LogP) is 2.72. The van der Waals surface area contributed by atoms with Crippen LogP contribution in [-0.4, -0.2) is 34.7 Å². The van der Waals surface area contributed by atoms with E-state index in [0.717, 1.165) is 17.3 Å². The molecule has 2 nitrogen and oxygen atoms in total. The topological polar surface area (TPSA) is 29.5 Å². The summed E-state index contributed by atoms with van der Waals surface area (Å²) in [4.78, 5) is 0. The highest BCUT2D eigenvalue weighted by atomic mass is 32.2. The Balaban J connectivity index is 2.20. The van der Waals surface area contributed by atoms with Crippen LogP contribution in [0.2, 0.25) is 0 Å². The quantitative estimate of drug-likeness (QED) is 0.918. The van der Waals surface area contributed by atoms with Gasteiger partial charge in [0.1, 0.15) is 0 Å². The maximum Gasteiger partial charge on any atom is 0.170 e. The van der Waals surface area contributed by atoms with Crippen molar-refractivity contribution >= 4 is 23.5 Å². The summed E-state index contributed by atoms with van der Waals surface area (Å²) >= 11 is 3.52. The lowest BCUT2D eigenvalue weighted by Crippen LogP contribution is -2.23. The van der Waals surface area contributed by atoms with Gasteiger partial charge in [-0.15, -0.1) is 0 Å². The molecule has 1 aliphatic heterocycles. The molecule has 1 fully saturated rings. The van der Waals surface area contributed by atoms with Crippen LogP contribution >= 0.6 is 23.5 Å². The van der Waals surface area contributed by atoms with Gasteiger partial charge in [-0.1, -0.05) is 12.1 Å². The molecule has 1 aliphatic rings. The van der Waals surface area contributed by atoms with Crippen molar-refractivity contribution < 1.29 is 14.2 Å². The minimum Gasteiger partial charge on any atom is -0.494 e. The number of halogens is 1. The number of hydrogen-bond acceptors (Lipinski definition) is 4. The third-order valence-corrected chi connectivity index (χ3v) is 5.58. The highest BCUT2D eigenvalue weighted by Crippen LogP contribution is 2.35. The highest BCUT2D eigenvalue weighted by Gasteiger charge is 2.27. The Morgan fingerprint density at radius 2 is 2.29 bits per heavy atom. The van der Waals surface area contributed by atoms with Crippen molar-refractivity contribution in [2.24, 2.45) is 0 Å². The van der Waals surface area contributed by atoms with E-state index in [9.17, 15) is 9.50 Å². The average Bonchev–Trinajstić information content (AvgIpc) is 2.39. The summed E-state index contributed by atoms with van der Waals surface area (Å²) in [6.07, 6.45) is -0.761. The van der Waals surface area contributed by atoms with Crippen molar-refractivity contribution in [1.82, 2.24) is 0 Å². The van der Waals surface area contributed by atoms with Crippen LogP contribution in [0.25, 0.3) is 0 Å². The Hall–Kier alpha value is -0.390. The lowest BCUT2D eigenvalue weighted by Gasteiger charge is -2.26. The second-order valence-electron chi connectivity index (χ2n) is 3.79. The molecule has 0 radical (unpaired) electrons. The third kappa shape index (κ3) is 2.89. The first-order valence-corrected chi connectivity index (χ1v) is 7.64. The SMILES string of the molecule is COc1cccc(C(O)C2CSCCS2)c1F. The van der Waals surface area contributed by atoms with Crippen LogP contribution in [0.1, 0.15) is 11.7 Å². The highest BCUT2D eigenvalue weighted by molar-refractivity contribution is 8.06. The molecule has 2 unspecified atom stereocenters. The van der Waals surface area contributed by atoms with Gasteiger partial charge in [-0.05, 0) is 6.07 Å². The van der Waals surface area contributed by atoms with Crippen LogP contribution in [0.4, 0.5) is 4.39 Å². The number of hydrogen-bond donors (Lipinski definition) is 1. The largest absolute Gasteiger partial charge is 0.494 e. The lowest BCUT2D eigenvalue weighted by molar-refractivity contribution is 0.174. The number of ether oxygens (including phenoxy) is 1. The molecule has 0 spiro atoms. The lowest BCUT2D eigenvalue weighted by atomic mass is 10.1. The van der Waals surface area contributed by atoms with Crippen molar-refractivity contribution in [2.75, 3.05) is 24.4 Å². The summed E-state index contributed by atoms with van der Waals surface area (Å²) in [5.74, 6) is 2.73. The van der Waals surface area contributed by atoms with Gasteiger partial charge in [0, 0.05) is 28.1 Å². The van der Waals surface area contributed by atoms with Crippen molar-refractivity contribution in [3.05, 3.63) is 29.6 Å². The van der Waals surface area contributed by atoms with Gasteiger partial charge in [-0.2, -0.15) is 23.5 Å². The second kappa shape index (κ2) is 5.98. The summed E-state index contributed by atoms with van der Waals surface area (Å²) in [5.41, 5.74) is 0.337. The molecule has 2 rings (SSSR count). The van der Waals surface area contributed by atoms with Gasteiger partial charge in [0.05, 0.1) is 13.2 Å². The molecule has 17 heavy (non-hydrogen) atoms. The van der Waals surface area contributed by atoms with E-state index in [4.69, 9.17) is 4.74 Å². The van der Waals surface area contributed by atoms with Crippen LogP contribution in [0.5, 0.6) is 5.75 Å². The van der Waals surface area contributed by atoms with E-state index in [1.54, 1.807) is 30.0 Å². The van der Waals surface area contributed by atoms with Crippen molar-refractivity contribution in [3.8, 4) is 5.75 Å². The van der Waals surface area contributed by atoms with E-state index in [1.807, 2.05) is 11.8 Å². The molecule has 5 heteroatoms. The fourth-order valence-corrected chi connectivity index (χ4v) is 4.55. The van der Waals surface area contributed by atoms with Crippen LogP contribution in [0.15, 0.2) is 18.2 Å². The molecule has 0 saturated carbocycles. The zero-order valence-electron chi connectivity index (χ0n) is 9.56. The molecule has 1 N–H and O–H groups in total. The molecular weight excluding hydrogens is 259 g/mol. The molecule has 94 valence electrons. The Labute approximate surface area is 109 Å². The van der Waals surface area contributed by atoms with Gasteiger partial charge < -0.3 is 9.84 Å². The molecule has 2 atom stereocenters. The van der Waals surface area contributed by atoms with E-state index in [0.29, 0.717) is 5.56 Å². The first-order valence-electron chi connectivity index (χ1n) is 5.44. The molecule has 0 bridgehead atoms. The van der Waals surface area contributed by atoms with Gasteiger partial charge in [0.2, 0.25) is 0 Å². The van der Waals surface area contributed by atoms with Crippen molar-refractivity contribution in [1.29, 1.82) is 0 Å². The van der Waals surface area contributed by atoms with E-state index >= 15 is 0 Å². The number of aliphatic hydroxyl groups excluding tert-OH is 1. The summed E-state index contributed by atoms with van der Waals surface area (Å²) < 4.78 is 18.9. The summed E-state index contributed by atoms with van der Waals surface area (Å²) in [6, 6.07) is 4.90. The van der Waals surface area contributed by atoms with Crippen LogP contribution in [-0.2, 0) is 0 Å². The maximum absolute atomic E-state index is 14.0. The molecule has 0 aliphatic carbocycles. The average molecular weight is 274 g/mol. The Bertz CT molecular complexity index is 381. The maximum atomic E-state index is 14.0. The van der Waals surface area contributed by atoms with Crippen LogP contribution in [0, 0.1) is 5.82 Å². The van der Waals surface area contributed by atoms with E-state index in [-0.39, 0.29) is 11.0 Å². The monoisotopic (exact) mass is 274 g/mol. The van der Waals surface area contributed by atoms with Crippen molar-refractivity contribution in [2.45, 2.75) is 11.4 Å². The van der Waals surface area contributed by atoms with Gasteiger partial charge in [0.15, 0.2) is 11.6 Å². The van der Waals surface area contributed by atoms with Gasteiger partial charge in [-0.3, -0.25) is 0 Å². The minimum atomic E-state index is -0.761. The van der Waals surface area contributed by atoms with Crippen LogP contribution in [0.3, 0.4) is 0 Å². The Kier molecular flexibility index (Phi) is 4.59. The van der Waals surface area contributed by atoms with Gasteiger partial charge >= 0.3 is 0 Å². The van der Waals surface area contributed by atoms with Crippen molar-refractivity contribution in [3.63, 3.8) is 0 Å². The number of rotatable bonds is 3. The fourth-order valence-electron chi connectivity index (χ4n) is 1.80. The molecule has 1 aromatic rings. The number of thioether (sulfide) groups is 2. The van der Waals surface area contributed by atoms with Gasteiger partial charge in [0.25, 0.3) is 0 Å². The molecule has 1 saturated heterocycles.